The van der Waals surface area contributed by atoms with Crippen LogP contribution >= 0.6 is 11.6 Å². The van der Waals surface area contributed by atoms with Gasteiger partial charge in [0.05, 0.1) is 0 Å². The number of ether oxygens (including phenoxy) is 1. The molecule has 2 nitrogen and oxygen atoms in total. The standard InChI is InChI=1S/C12H18ClNO/c1-10(9-15-2)7-14-8-11-3-5-12(13)6-4-11/h3-6,10,14H,7-9H2,1-2H3. The largest absolute Gasteiger partial charge is 0.384 e. The summed E-state index contributed by atoms with van der Waals surface area (Å²) in [5.74, 6) is 0.544. The minimum Gasteiger partial charge on any atom is -0.384 e. The van der Waals surface area contributed by atoms with Crippen molar-refractivity contribution in [2.24, 2.45) is 5.92 Å². The molecule has 0 bridgehead atoms. The highest BCUT2D eigenvalue weighted by atomic mass is 35.5. The van der Waals surface area contributed by atoms with E-state index in [9.17, 15) is 0 Å². The zero-order chi connectivity index (χ0) is 11.1. The lowest BCUT2D eigenvalue weighted by Gasteiger charge is -2.11. The molecule has 84 valence electrons. The second kappa shape index (κ2) is 6.83. The highest BCUT2D eigenvalue weighted by molar-refractivity contribution is 6.30. The van der Waals surface area contributed by atoms with Crippen molar-refractivity contribution >= 4 is 11.6 Å². The molecule has 0 aliphatic heterocycles. The zero-order valence-corrected chi connectivity index (χ0v) is 10.1. The lowest BCUT2D eigenvalue weighted by molar-refractivity contribution is 0.158. The Labute approximate surface area is 96.6 Å². The molecule has 0 fully saturated rings. The summed E-state index contributed by atoms with van der Waals surface area (Å²) in [6.07, 6.45) is 0. The van der Waals surface area contributed by atoms with Crippen LogP contribution < -0.4 is 5.32 Å². The van der Waals surface area contributed by atoms with Crippen molar-refractivity contribution in [3.63, 3.8) is 0 Å². The molecule has 1 unspecified atom stereocenters. The zero-order valence-electron chi connectivity index (χ0n) is 9.29. The van der Waals surface area contributed by atoms with Gasteiger partial charge >= 0.3 is 0 Å². The van der Waals surface area contributed by atoms with E-state index in [1.807, 2.05) is 24.3 Å². The van der Waals surface area contributed by atoms with Crippen molar-refractivity contribution in [3.8, 4) is 0 Å². The lowest BCUT2D eigenvalue weighted by Crippen LogP contribution is -2.23. The maximum absolute atomic E-state index is 5.80. The molecule has 1 rings (SSSR count). The average Bonchev–Trinajstić information content (AvgIpc) is 2.21. The summed E-state index contributed by atoms with van der Waals surface area (Å²) in [4.78, 5) is 0. The fourth-order valence-corrected chi connectivity index (χ4v) is 1.53. The Bertz CT molecular complexity index is 273. The fourth-order valence-electron chi connectivity index (χ4n) is 1.41. The first-order valence-electron chi connectivity index (χ1n) is 5.16. The molecule has 1 atom stereocenters. The maximum atomic E-state index is 5.80. The topological polar surface area (TPSA) is 21.3 Å². The van der Waals surface area contributed by atoms with E-state index in [1.165, 1.54) is 5.56 Å². The Kier molecular flexibility index (Phi) is 5.69. The molecule has 0 radical (unpaired) electrons. The predicted octanol–water partition coefficient (Wildman–Crippen LogP) is 2.71. The Balaban J connectivity index is 2.22. The van der Waals surface area contributed by atoms with Crippen LogP contribution in [0.5, 0.6) is 0 Å². The highest BCUT2D eigenvalue weighted by Gasteiger charge is 2.00. The van der Waals surface area contributed by atoms with E-state index in [2.05, 4.69) is 12.2 Å². The molecule has 0 saturated carbocycles. The third-order valence-corrected chi connectivity index (χ3v) is 2.44. The summed E-state index contributed by atoms with van der Waals surface area (Å²) in [5.41, 5.74) is 1.25. The SMILES string of the molecule is COCC(C)CNCc1ccc(Cl)cc1. The molecule has 0 aromatic heterocycles. The van der Waals surface area contributed by atoms with E-state index >= 15 is 0 Å². The van der Waals surface area contributed by atoms with Crippen molar-refractivity contribution in [1.29, 1.82) is 0 Å². The van der Waals surface area contributed by atoms with Crippen LogP contribution in [0.1, 0.15) is 12.5 Å². The van der Waals surface area contributed by atoms with Crippen molar-refractivity contribution in [1.82, 2.24) is 5.32 Å². The van der Waals surface area contributed by atoms with Crippen LogP contribution in [0.2, 0.25) is 5.02 Å². The molecule has 0 aliphatic rings. The Morgan fingerprint density at radius 3 is 2.60 bits per heavy atom. The first-order valence-corrected chi connectivity index (χ1v) is 5.54. The molecule has 1 aromatic rings. The molecular formula is C12H18ClNO. The van der Waals surface area contributed by atoms with Gasteiger partial charge in [0, 0.05) is 31.8 Å². The van der Waals surface area contributed by atoms with Crippen molar-refractivity contribution in [2.75, 3.05) is 20.3 Å². The second-order valence-electron chi connectivity index (χ2n) is 3.82. The van der Waals surface area contributed by atoms with Crippen LogP contribution in [0.25, 0.3) is 0 Å². The summed E-state index contributed by atoms with van der Waals surface area (Å²) in [6, 6.07) is 7.90. The molecule has 0 spiro atoms. The third kappa shape index (κ3) is 5.17. The van der Waals surface area contributed by atoms with Crippen LogP contribution in [0.4, 0.5) is 0 Å². The first kappa shape index (κ1) is 12.5. The molecule has 1 N–H and O–H groups in total. The first-order chi connectivity index (χ1) is 7.22. The van der Waals surface area contributed by atoms with Gasteiger partial charge in [-0.3, -0.25) is 0 Å². The average molecular weight is 228 g/mol. The molecule has 3 heteroatoms. The minimum atomic E-state index is 0.544. The van der Waals surface area contributed by atoms with Crippen LogP contribution in [0, 0.1) is 5.92 Å². The van der Waals surface area contributed by atoms with Crippen molar-refractivity contribution in [3.05, 3.63) is 34.9 Å². The molecule has 1 aromatic carbocycles. The quantitative estimate of drug-likeness (QED) is 0.807. The van der Waals surface area contributed by atoms with Gasteiger partial charge in [-0.15, -0.1) is 0 Å². The number of benzene rings is 1. The molecule has 0 aliphatic carbocycles. The van der Waals surface area contributed by atoms with Crippen LogP contribution in [-0.2, 0) is 11.3 Å². The number of halogens is 1. The summed E-state index contributed by atoms with van der Waals surface area (Å²) >= 11 is 5.80. The van der Waals surface area contributed by atoms with E-state index in [0.29, 0.717) is 5.92 Å². The monoisotopic (exact) mass is 227 g/mol. The van der Waals surface area contributed by atoms with Gasteiger partial charge < -0.3 is 10.1 Å². The summed E-state index contributed by atoms with van der Waals surface area (Å²) in [5, 5.41) is 4.17. The number of nitrogens with one attached hydrogen (secondary N) is 1. The maximum Gasteiger partial charge on any atom is 0.0499 e. The Morgan fingerprint density at radius 1 is 1.33 bits per heavy atom. The molecular weight excluding hydrogens is 210 g/mol. The van der Waals surface area contributed by atoms with E-state index < -0.39 is 0 Å². The number of hydrogen-bond donors (Lipinski definition) is 1. The van der Waals surface area contributed by atoms with Crippen LogP contribution in [0.3, 0.4) is 0 Å². The summed E-state index contributed by atoms with van der Waals surface area (Å²) in [7, 11) is 1.73. The predicted molar refractivity (Wildman–Crippen MR) is 64.2 cm³/mol. The second-order valence-corrected chi connectivity index (χ2v) is 4.25. The Morgan fingerprint density at radius 2 is 2.00 bits per heavy atom. The van der Waals surface area contributed by atoms with Gasteiger partial charge in [-0.2, -0.15) is 0 Å². The van der Waals surface area contributed by atoms with Gasteiger partial charge in [0.2, 0.25) is 0 Å². The Hall–Kier alpha value is -0.570. The molecule has 0 heterocycles. The van der Waals surface area contributed by atoms with Crippen LogP contribution in [-0.4, -0.2) is 20.3 Å². The summed E-state index contributed by atoms with van der Waals surface area (Å²) in [6.45, 7) is 4.81. The van der Waals surface area contributed by atoms with Gasteiger partial charge in [0.1, 0.15) is 0 Å². The molecule has 0 saturated heterocycles. The highest BCUT2D eigenvalue weighted by Crippen LogP contribution is 2.09. The van der Waals surface area contributed by atoms with Crippen LogP contribution in [0.15, 0.2) is 24.3 Å². The van der Waals surface area contributed by atoms with Gasteiger partial charge in [-0.1, -0.05) is 30.7 Å². The van der Waals surface area contributed by atoms with Crippen molar-refractivity contribution < 1.29 is 4.74 Å². The van der Waals surface area contributed by atoms with Gasteiger partial charge in [-0.05, 0) is 23.6 Å². The van der Waals surface area contributed by atoms with E-state index in [0.717, 1.165) is 24.7 Å². The summed E-state index contributed by atoms with van der Waals surface area (Å²) < 4.78 is 5.06. The normalized spacial score (nSPS) is 12.7. The number of rotatable bonds is 6. The smallest absolute Gasteiger partial charge is 0.0499 e. The lowest BCUT2D eigenvalue weighted by atomic mass is 10.2. The third-order valence-electron chi connectivity index (χ3n) is 2.19. The van der Waals surface area contributed by atoms with Crippen molar-refractivity contribution in [2.45, 2.75) is 13.5 Å². The number of hydrogen-bond acceptors (Lipinski definition) is 2. The van der Waals surface area contributed by atoms with E-state index in [4.69, 9.17) is 16.3 Å². The van der Waals surface area contributed by atoms with Gasteiger partial charge in [0.25, 0.3) is 0 Å². The molecule has 15 heavy (non-hydrogen) atoms. The number of methoxy groups -OCH3 is 1. The fraction of sp³-hybridized carbons (Fsp3) is 0.500. The van der Waals surface area contributed by atoms with Gasteiger partial charge in [0.15, 0.2) is 0 Å². The molecule has 0 amide bonds. The van der Waals surface area contributed by atoms with E-state index in [1.54, 1.807) is 7.11 Å². The van der Waals surface area contributed by atoms with E-state index in [-0.39, 0.29) is 0 Å². The van der Waals surface area contributed by atoms with Gasteiger partial charge in [-0.25, -0.2) is 0 Å². The minimum absolute atomic E-state index is 0.544.